The van der Waals surface area contributed by atoms with Gasteiger partial charge in [0.05, 0.1) is 6.42 Å². The number of carbonyl (C=O) groups excluding carboxylic acids is 2. The maximum Gasteiger partial charge on any atom is 0.339 e. The van der Waals surface area contributed by atoms with Gasteiger partial charge in [-0.25, -0.2) is 14.6 Å². The summed E-state index contributed by atoms with van der Waals surface area (Å²) in [5.74, 6) is 0.805. The fraction of sp³-hybridized carbons (Fsp3) is 0.486. The van der Waals surface area contributed by atoms with Gasteiger partial charge < -0.3 is 34.9 Å². The molecule has 4 heterocycles. The molecule has 1 atom stereocenters. The van der Waals surface area contributed by atoms with Crippen LogP contribution in [0.5, 0.6) is 5.75 Å². The molecule has 11 nitrogen and oxygen atoms in total. The van der Waals surface area contributed by atoms with Crippen molar-refractivity contribution in [1.29, 1.82) is 0 Å². The van der Waals surface area contributed by atoms with E-state index in [-0.39, 0.29) is 25.4 Å². The van der Waals surface area contributed by atoms with E-state index in [0.717, 1.165) is 28.6 Å². The van der Waals surface area contributed by atoms with Gasteiger partial charge in [0.25, 0.3) is 0 Å². The monoisotopic (exact) mass is 632 g/mol. The number of allylic oxidation sites excluding steroid dienone is 1. The lowest BCUT2D eigenvalue weighted by Crippen LogP contribution is -2.58. The van der Waals surface area contributed by atoms with Crippen molar-refractivity contribution in [2.75, 3.05) is 39.0 Å². The Morgan fingerprint density at radius 1 is 1.22 bits per heavy atom. The molecule has 5 rings (SSSR count). The first-order chi connectivity index (χ1) is 21.9. The van der Waals surface area contributed by atoms with Gasteiger partial charge in [0.1, 0.15) is 22.8 Å². The van der Waals surface area contributed by atoms with Crippen LogP contribution in [-0.4, -0.2) is 71.4 Å². The number of nitrogens with zero attached hydrogens (tertiary/aromatic N) is 2. The molecule has 1 aromatic carbocycles. The molecule has 1 saturated heterocycles. The van der Waals surface area contributed by atoms with Crippen LogP contribution in [0.15, 0.2) is 51.3 Å². The molecule has 2 aromatic heterocycles. The normalized spacial score (nSPS) is 18.3. The van der Waals surface area contributed by atoms with Crippen LogP contribution in [0, 0.1) is 5.92 Å². The summed E-state index contributed by atoms with van der Waals surface area (Å²) < 4.78 is 18.6. The number of hydrogen-bond donors (Lipinski definition) is 3. The number of aromatic nitrogens is 1. The number of likely N-dealkylation sites (tertiary alicyclic amines) is 1. The van der Waals surface area contributed by atoms with Crippen LogP contribution < -0.4 is 21.4 Å². The molecule has 246 valence electrons. The minimum absolute atomic E-state index is 0.0116. The molecular formula is C35H44N4O7. The van der Waals surface area contributed by atoms with Crippen molar-refractivity contribution in [2.45, 2.75) is 71.0 Å². The van der Waals surface area contributed by atoms with Gasteiger partial charge in [-0.3, -0.25) is 4.79 Å². The molecule has 2 aliphatic rings. The summed E-state index contributed by atoms with van der Waals surface area (Å²) in [6.07, 6.45) is 4.97. The highest BCUT2D eigenvalue weighted by molar-refractivity contribution is 5.88. The SMILES string of the molecule is C/C=C(\C)C(=O)OC(C)(C)[C@]1(Cc2cc(N)ncc2CC(=O)N2CC(CNC)C2)Cc2cc3cc(CCCO)c(=O)oc3cc2O1. The number of esters is 1. The number of nitrogens with one attached hydrogen (secondary N) is 1. The molecule has 3 aromatic rings. The van der Waals surface area contributed by atoms with E-state index < -0.39 is 22.8 Å². The smallest absolute Gasteiger partial charge is 0.339 e. The number of hydrogen-bond acceptors (Lipinski definition) is 10. The summed E-state index contributed by atoms with van der Waals surface area (Å²) in [7, 11) is 1.91. The van der Waals surface area contributed by atoms with E-state index in [9.17, 15) is 19.5 Å². The Morgan fingerprint density at radius 2 is 1.98 bits per heavy atom. The molecule has 0 saturated carbocycles. The van der Waals surface area contributed by atoms with E-state index in [1.54, 1.807) is 44.3 Å². The van der Waals surface area contributed by atoms with Crippen LogP contribution in [0.1, 0.15) is 56.4 Å². The summed E-state index contributed by atoms with van der Waals surface area (Å²) >= 11 is 0. The quantitative estimate of drug-likeness (QED) is 0.154. The number of anilines is 1. The standard InChI is InChI=1S/C35H44N4O7/c1-6-21(2)32(42)46-34(3,4)35(15-25-12-30(36)38-18-27(25)13-31(41)39-19-22(20-39)17-37-5)16-26-11-24-10-23(8-7-9-40)33(43)44-28(24)14-29(26)45-35/h6,10-12,14,18,22,37,40H,7-9,13,15-17,19-20H2,1-5H3,(H2,36,38)/b21-6+/t35-/m0/s1. The number of pyridine rings is 1. The van der Waals surface area contributed by atoms with Crippen LogP contribution in [0.2, 0.25) is 0 Å². The van der Waals surface area contributed by atoms with Crippen LogP contribution in [-0.2, 0) is 40.0 Å². The molecular weight excluding hydrogens is 588 g/mol. The third-order valence-corrected chi connectivity index (χ3v) is 9.30. The van der Waals surface area contributed by atoms with E-state index in [0.29, 0.717) is 66.6 Å². The van der Waals surface area contributed by atoms with Crippen LogP contribution in [0.3, 0.4) is 0 Å². The number of benzene rings is 1. The molecule has 11 heteroatoms. The topological polar surface area (TPSA) is 157 Å². The number of nitrogen functional groups attached to an aromatic ring is 1. The molecule has 1 fully saturated rings. The first kappa shape index (κ1) is 33.2. The molecule has 0 unspecified atom stereocenters. The molecule has 0 aliphatic carbocycles. The zero-order valence-corrected chi connectivity index (χ0v) is 27.3. The maximum absolute atomic E-state index is 13.3. The van der Waals surface area contributed by atoms with Crippen LogP contribution in [0.4, 0.5) is 5.82 Å². The predicted octanol–water partition coefficient (Wildman–Crippen LogP) is 3.12. The highest BCUT2D eigenvalue weighted by atomic mass is 16.6. The third kappa shape index (κ3) is 6.66. The molecule has 1 amide bonds. The molecule has 0 bridgehead atoms. The Kier molecular flexibility index (Phi) is 9.55. The first-order valence-electron chi connectivity index (χ1n) is 15.8. The van der Waals surface area contributed by atoms with Gasteiger partial charge in [-0.1, -0.05) is 6.08 Å². The number of rotatable bonds is 12. The van der Waals surface area contributed by atoms with Crippen molar-refractivity contribution in [3.63, 3.8) is 0 Å². The minimum atomic E-state index is -1.16. The average Bonchev–Trinajstić information content (AvgIpc) is 3.35. The summed E-state index contributed by atoms with van der Waals surface area (Å²) in [6.45, 7) is 9.37. The number of aryl methyl sites for hydroxylation is 1. The molecule has 46 heavy (non-hydrogen) atoms. The second-order valence-corrected chi connectivity index (χ2v) is 13.0. The number of ether oxygens (including phenoxy) is 2. The third-order valence-electron chi connectivity index (χ3n) is 9.30. The summed E-state index contributed by atoms with van der Waals surface area (Å²) in [6, 6.07) is 7.19. The fourth-order valence-corrected chi connectivity index (χ4v) is 6.28. The van der Waals surface area contributed by atoms with Crippen molar-refractivity contribution >= 4 is 28.7 Å². The van der Waals surface area contributed by atoms with E-state index in [1.165, 1.54) is 0 Å². The second-order valence-electron chi connectivity index (χ2n) is 13.0. The Labute approximate surface area is 268 Å². The largest absolute Gasteiger partial charge is 0.482 e. The van der Waals surface area contributed by atoms with Crippen molar-refractivity contribution in [3.05, 3.63) is 74.8 Å². The highest BCUT2D eigenvalue weighted by Gasteiger charge is 2.54. The second kappa shape index (κ2) is 13.3. The Morgan fingerprint density at radius 3 is 2.67 bits per heavy atom. The van der Waals surface area contributed by atoms with Gasteiger partial charge in [0.15, 0.2) is 5.60 Å². The number of nitrogens with two attached hydrogens (primary N) is 1. The Bertz CT molecular complexity index is 1720. The van der Waals surface area contributed by atoms with E-state index >= 15 is 0 Å². The summed E-state index contributed by atoms with van der Waals surface area (Å²) in [5, 5.41) is 13.2. The van der Waals surface area contributed by atoms with Crippen LogP contribution >= 0.6 is 0 Å². The van der Waals surface area contributed by atoms with Crippen LogP contribution in [0.25, 0.3) is 11.0 Å². The fourth-order valence-electron chi connectivity index (χ4n) is 6.28. The Hall–Kier alpha value is -4.22. The maximum atomic E-state index is 13.3. The molecule has 0 radical (unpaired) electrons. The van der Waals surface area contributed by atoms with Gasteiger partial charge in [-0.15, -0.1) is 0 Å². The number of aliphatic hydroxyl groups excluding tert-OH is 1. The van der Waals surface area contributed by atoms with Gasteiger partial charge in [0.2, 0.25) is 5.91 Å². The number of fused-ring (bicyclic) bond motifs is 2. The van der Waals surface area contributed by atoms with Gasteiger partial charge in [0, 0.05) is 73.8 Å². The lowest BCUT2D eigenvalue weighted by atomic mass is 9.76. The predicted molar refractivity (Wildman–Crippen MR) is 175 cm³/mol. The van der Waals surface area contributed by atoms with E-state index in [1.807, 2.05) is 31.9 Å². The lowest BCUT2D eigenvalue weighted by molar-refractivity contribution is -0.174. The van der Waals surface area contributed by atoms with Gasteiger partial charge in [-0.2, -0.15) is 0 Å². The van der Waals surface area contributed by atoms with E-state index in [2.05, 4.69) is 10.3 Å². The molecule has 2 aliphatic heterocycles. The van der Waals surface area contributed by atoms with Crippen molar-refractivity contribution in [2.24, 2.45) is 5.92 Å². The highest BCUT2D eigenvalue weighted by Crippen LogP contribution is 2.46. The summed E-state index contributed by atoms with van der Waals surface area (Å²) in [5.41, 5.74) is 7.14. The Balaban J connectivity index is 1.52. The van der Waals surface area contributed by atoms with Crippen molar-refractivity contribution in [3.8, 4) is 5.75 Å². The minimum Gasteiger partial charge on any atom is -0.482 e. The zero-order valence-electron chi connectivity index (χ0n) is 27.3. The van der Waals surface area contributed by atoms with Gasteiger partial charge in [-0.05, 0) is 82.5 Å². The number of amides is 1. The number of carbonyl (C=O) groups is 2. The van der Waals surface area contributed by atoms with Crippen molar-refractivity contribution < 1.29 is 28.6 Å². The van der Waals surface area contributed by atoms with Crippen molar-refractivity contribution in [1.82, 2.24) is 15.2 Å². The zero-order chi connectivity index (χ0) is 33.2. The molecule has 0 spiro atoms. The lowest BCUT2D eigenvalue weighted by Gasteiger charge is -2.43. The molecule has 4 N–H and O–H groups in total. The summed E-state index contributed by atoms with van der Waals surface area (Å²) in [4.78, 5) is 45.2. The average molecular weight is 633 g/mol. The first-order valence-corrected chi connectivity index (χ1v) is 15.8. The van der Waals surface area contributed by atoms with Gasteiger partial charge >= 0.3 is 11.6 Å². The van der Waals surface area contributed by atoms with E-state index in [4.69, 9.17) is 19.6 Å². The number of aliphatic hydroxyl groups is 1.